The number of carbonyl (C=O) groups excluding carboxylic acids is 2. The summed E-state index contributed by atoms with van der Waals surface area (Å²) in [4.78, 5) is 29.9. The highest BCUT2D eigenvalue weighted by Crippen LogP contribution is 2.41. The Kier molecular flexibility index (Phi) is 6.67. The van der Waals surface area contributed by atoms with Crippen LogP contribution in [0.25, 0.3) is 5.76 Å². The summed E-state index contributed by atoms with van der Waals surface area (Å²) in [6, 6.07) is 11.2. The van der Waals surface area contributed by atoms with Crippen molar-refractivity contribution in [1.29, 1.82) is 0 Å². The number of phenolic OH excluding ortho intramolecular Hbond substituents is 1. The number of aryl methyl sites for hydroxylation is 1. The molecule has 174 valence electrons. The van der Waals surface area contributed by atoms with Crippen molar-refractivity contribution >= 4 is 17.4 Å². The fraction of sp³-hybridized carbons (Fsp3) is 0.360. The highest BCUT2D eigenvalue weighted by Gasteiger charge is 2.46. The molecule has 0 bridgehead atoms. The predicted octanol–water partition coefficient (Wildman–Crippen LogP) is 2.46. The van der Waals surface area contributed by atoms with Gasteiger partial charge in [0.1, 0.15) is 17.3 Å². The fourth-order valence-corrected chi connectivity index (χ4v) is 4.26. The molecular formula is C25H28N2O6. The number of hydrogen-bond donors (Lipinski definition) is 2. The number of hydrogen-bond acceptors (Lipinski definition) is 7. The van der Waals surface area contributed by atoms with Crippen LogP contribution in [0.1, 0.15) is 22.7 Å². The number of aromatic hydroxyl groups is 1. The molecule has 8 heteroatoms. The van der Waals surface area contributed by atoms with Gasteiger partial charge in [0, 0.05) is 32.2 Å². The Labute approximate surface area is 192 Å². The lowest BCUT2D eigenvalue weighted by Gasteiger charge is -2.31. The molecule has 2 N–H and O–H groups in total. The second-order valence-corrected chi connectivity index (χ2v) is 8.24. The number of carbonyl (C=O) groups is 2. The van der Waals surface area contributed by atoms with Crippen LogP contribution < -0.4 is 4.74 Å². The van der Waals surface area contributed by atoms with E-state index in [2.05, 4.69) is 4.90 Å². The maximum absolute atomic E-state index is 13.1. The number of aliphatic hydroxyl groups excluding tert-OH is 1. The van der Waals surface area contributed by atoms with E-state index in [1.165, 1.54) is 24.1 Å². The third-order valence-electron chi connectivity index (χ3n) is 6.15. The second-order valence-electron chi connectivity index (χ2n) is 8.24. The van der Waals surface area contributed by atoms with E-state index in [4.69, 9.17) is 9.47 Å². The lowest BCUT2D eigenvalue weighted by atomic mass is 9.94. The molecule has 0 saturated carbocycles. The molecule has 2 aromatic rings. The summed E-state index contributed by atoms with van der Waals surface area (Å²) >= 11 is 0. The van der Waals surface area contributed by atoms with Crippen molar-refractivity contribution in [3.8, 4) is 11.5 Å². The quantitative estimate of drug-likeness (QED) is 0.395. The van der Waals surface area contributed by atoms with Gasteiger partial charge in [0.2, 0.25) is 0 Å². The van der Waals surface area contributed by atoms with Crippen molar-refractivity contribution in [3.63, 3.8) is 0 Å². The van der Waals surface area contributed by atoms with Crippen molar-refractivity contribution in [1.82, 2.24) is 9.80 Å². The van der Waals surface area contributed by atoms with Gasteiger partial charge in [0.25, 0.3) is 11.7 Å². The molecule has 1 atom stereocenters. The maximum atomic E-state index is 13.1. The summed E-state index contributed by atoms with van der Waals surface area (Å²) in [6.07, 6.45) is 0. The second kappa shape index (κ2) is 9.64. The average Bonchev–Trinajstić information content (AvgIpc) is 3.08. The number of morpholine rings is 1. The van der Waals surface area contributed by atoms with Gasteiger partial charge in [-0.05, 0) is 24.6 Å². The van der Waals surface area contributed by atoms with E-state index in [0.717, 1.165) is 24.2 Å². The summed E-state index contributed by atoms with van der Waals surface area (Å²) in [5.41, 5.74) is 1.79. The molecule has 1 amide bonds. The molecule has 2 aliphatic rings. The number of aliphatic hydroxyl groups is 1. The van der Waals surface area contributed by atoms with E-state index in [0.29, 0.717) is 32.1 Å². The maximum Gasteiger partial charge on any atom is 0.295 e. The summed E-state index contributed by atoms with van der Waals surface area (Å²) in [6.45, 7) is 5.67. The standard InChI is InChI=1S/C25H28N2O6/c1-16-3-5-17(6-4-16)22-21(23(29)19-8-7-18(32-2)15-20(19)28)24(30)25(31)27(22)10-9-26-11-13-33-14-12-26/h3-8,15,22,28-29H,9-14H2,1-2H3/t22-/m0/s1. The zero-order valence-corrected chi connectivity index (χ0v) is 18.8. The van der Waals surface area contributed by atoms with Gasteiger partial charge in [-0.15, -0.1) is 0 Å². The normalized spacial score (nSPS) is 20.9. The number of Topliss-reactive ketones (excluding diaryl/α,β-unsaturated/α-hetero) is 1. The Morgan fingerprint density at radius 2 is 1.79 bits per heavy atom. The zero-order chi connectivity index (χ0) is 23.5. The van der Waals surface area contributed by atoms with Gasteiger partial charge in [0.15, 0.2) is 0 Å². The van der Waals surface area contributed by atoms with E-state index < -0.39 is 23.5 Å². The van der Waals surface area contributed by atoms with E-state index in [9.17, 15) is 19.8 Å². The predicted molar refractivity (Wildman–Crippen MR) is 122 cm³/mol. The van der Waals surface area contributed by atoms with Crippen molar-refractivity contribution in [2.45, 2.75) is 13.0 Å². The summed E-state index contributed by atoms with van der Waals surface area (Å²) < 4.78 is 10.5. The molecule has 0 unspecified atom stereocenters. The van der Waals surface area contributed by atoms with Gasteiger partial charge in [-0.1, -0.05) is 29.8 Å². The Balaban J connectivity index is 1.75. The number of rotatable bonds is 6. The van der Waals surface area contributed by atoms with Gasteiger partial charge in [-0.2, -0.15) is 0 Å². The van der Waals surface area contributed by atoms with Crippen LogP contribution >= 0.6 is 0 Å². The summed E-state index contributed by atoms with van der Waals surface area (Å²) in [7, 11) is 1.46. The van der Waals surface area contributed by atoms with Crippen LogP contribution in [0.15, 0.2) is 48.0 Å². The van der Waals surface area contributed by atoms with Crippen molar-refractivity contribution in [2.75, 3.05) is 46.5 Å². The molecule has 8 nitrogen and oxygen atoms in total. The molecule has 2 aliphatic heterocycles. The first-order valence-electron chi connectivity index (χ1n) is 10.9. The van der Waals surface area contributed by atoms with Crippen molar-refractivity contribution in [2.24, 2.45) is 0 Å². The van der Waals surface area contributed by atoms with Crippen LogP contribution in [-0.4, -0.2) is 78.2 Å². The monoisotopic (exact) mass is 452 g/mol. The lowest BCUT2D eigenvalue weighted by Crippen LogP contribution is -2.42. The minimum Gasteiger partial charge on any atom is -0.507 e. The number of amides is 1. The Bertz CT molecular complexity index is 1070. The number of phenols is 1. The van der Waals surface area contributed by atoms with Crippen LogP contribution in [0.3, 0.4) is 0 Å². The average molecular weight is 453 g/mol. The molecule has 2 heterocycles. The molecule has 4 rings (SSSR count). The summed E-state index contributed by atoms with van der Waals surface area (Å²) in [5, 5.41) is 21.6. The van der Waals surface area contributed by atoms with Crippen LogP contribution in [0.5, 0.6) is 11.5 Å². The first-order valence-corrected chi connectivity index (χ1v) is 10.9. The number of ether oxygens (including phenoxy) is 2. The summed E-state index contributed by atoms with van der Waals surface area (Å²) in [5.74, 6) is -1.68. The smallest absolute Gasteiger partial charge is 0.295 e. The molecule has 33 heavy (non-hydrogen) atoms. The number of ketones is 1. The third-order valence-corrected chi connectivity index (χ3v) is 6.15. The van der Waals surface area contributed by atoms with Crippen LogP contribution in [0.2, 0.25) is 0 Å². The molecule has 0 aromatic heterocycles. The molecule has 2 saturated heterocycles. The molecule has 2 fully saturated rings. The topological polar surface area (TPSA) is 99.5 Å². The van der Waals surface area contributed by atoms with Gasteiger partial charge >= 0.3 is 0 Å². The number of benzene rings is 2. The molecule has 2 aromatic carbocycles. The number of likely N-dealkylation sites (tertiary alicyclic amines) is 1. The van der Waals surface area contributed by atoms with Gasteiger partial charge in [-0.25, -0.2) is 0 Å². The fourth-order valence-electron chi connectivity index (χ4n) is 4.26. The first-order chi connectivity index (χ1) is 15.9. The zero-order valence-electron chi connectivity index (χ0n) is 18.8. The minimum absolute atomic E-state index is 0.0358. The van der Waals surface area contributed by atoms with Gasteiger partial charge in [0.05, 0.1) is 37.5 Å². The van der Waals surface area contributed by atoms with E-state index >= 15 is 0 Å². The van der Waals surface area contributed by atoms with Gasteiger partial charge in [-0.3, -0.25) is 14.5 Å². The largest absolute Gasteiger partial charge is 0.507 e. The van der Waals surface area contributed by atoms with Crippen LogP contribution in [0, 0.1) is 6.92 Å². The van der Waals surface area contributed by atoms with Crippen LogP contribution in [-0.2, 0) is 14.3 Å². The SMILES string of the molecule is COc1ccc(C(O)=C2C(=O)C(=O)N(CCN3CCOCC3)[C@H]2c2ccc(C)cc2)c(O)c1. The van der Waals surface area contributed by atoms with Gasteiger partial charge < -0.3 is 24.6 Å². The highest BCUT2D eigenvalue weighted by molar-refractivity contribution is 6.46. The first kappa shape index (κ1) is 22.8. The Hall–Kier alpha value is -3.36. The van der Waals surface area contributed by atoms with Crippen molar-refractivity contribution < 1.29 is 29.3 Å². The van der Waals surface area contributed by atoms with E-state index in [-0.39, 0.29) is 16.9 Å². The number of methoxy groups -OCH3 is 1. The van der Waals surface area contributed by atoms with E-state index in [1.807, 2.05) is 31.2 Å². The molecule has 0 radical (unpaired) electrons. The minimum atomic E-state index is -0.768. The molecule has 0 spiro atoms. The molecular weight excluding hydrogens is 424 g/mol. The molecule has 0 aliphatic carbocycles. The van der Waals surface area contributed by atoms with Crippen molar-refractivity contribution in [3.05, 3.63) is 64.7 Å². The lowest BCUT2D eigenvalue weighted by molar-refractivity contribution is -0.140. The number of nitrogens with zero attached hydrogens (tertiary/aromatic N) is 2. The van der Waals surface area contributed by atoms with Crippen LogP contribution in [0.4, 0.5) is 0 Å². The highest BCUT2D eigenvalue weighted by atomic mass is 16.5. The third kappa shape index (κ3) is 4.58. The Morgan fingerprint density at radius 1 is 1.09 bits per heavy atom. The van der Waals surface area contributed by atoms with E-state index in [1.54, 1.807) is 6.07 Å². The Morgan fingerprint density at radius 3 is 2.42 bits per heavy atom.